The number of halogens is 1. The SMILES string of the molecule is Cc1ccc(S(=O)(=O)O)c(CCOc2ccc(COc3cnn(C(C)(C)C)c(=O)c3Cl)cc2)c1. The van der Waals surface area contributed by atoms with E-state index in [1.165, 1.54) is 16.9 Å². The summed E-state index contributed by atoms with van der Waals surface area (Å²) < 4.78 is 45.3. The Kier molecular flexibility index (Phi) is 7.70. The second-order valence-electron chi connectivity index (χ2n) is 8.83. The van der Waals surface area contributed by atoms with Crippen molar-refractivity contribution >= 4 is 21.7 Å². The second kappa shape index (κ2) is 10.2. The molecule has 34 heavy (non-hydrogen) atoms. The lowest BCUT2D eigenvalue weighted by Gasteiger charge is -2.21. The van der Waals surface area contributed by atoms with E-state index >= 15 is 0 Å². The standard InChI is InChI=1S/C24H27ClN2O6S/c1-16-5-10-21(34(29,30)31)18(13-16)11-12-32-19-8-6-17(7-9-19)15-33-20-14-26-27(24(2,3)4)23(28)22(20)25/h5-10,13-14H,11-12,15H2,1-4H3,(H,29,30,31). The molecular weight excluding hydrogens is 480 g/mol. The fourth-order valence-electron chi connectivity index (χ4n) is 3.27. The minimum absolute atomic E-state index is 0.0229. The molecule has 1 heterocycles. The van der Waals surface area contributed by atoms with Gasteiger partial charge < -0.3 is 9.47 Å². The molecule has 0 bridgehead atoms. The van der Waals surface area contributed by atoms with Gasteiger partial charge in [0.25, 0.3) is 15.7 Å². The van der Waals surface area contributed by atoms with Gasteiger partial charge in [0, 0.05) is 6.42 Å². The van der Waals surface area contributed by atoms with E-state index in [9.17, 15) is 17.8 Å². The summed E-state index contributed by atoms with van der Waals surface area (Å²) in [5.41, 5.74) is 1.30. The smallest absolute Gasteiger partial charge is 0.294 e. The number of ether oxygens (including phenoxy) is 2. The van der Waals surface area contributed by atoms with E-state index in [4.69, 9.17) is 21.1 Å². The van der Waals surface area contributed by atoms with Gasteiger partial charge in [0.15, 0.2) is 10.8 Å². The molecule has 0 aliphatic rings. The zero-order chi connectivity index (χ0) is 25.1. The normalized spacial score (nSPS) is 11.9. The van der Waals surface area contributed by atoms with E-state index in [0.29, 0.717) is 17.7 Å². The number of nitrogens with zero attached hydrogens (tertiary/aromatic N) is 2. The Hall–Kier alpha value is -2.88. The summed E-state index contributed by atoms with van der Waals surface area (Å²) in [4.78, 5) is 12.3. The summed E-state index contributed by atoms with van der Waals surface area (Å²) in [7, 11) is -4.30. The average molecular weight is 507 g/mol. The maximum Gasteiger partial charge on any atom is 0.294 e. The Bertz CT molecular complexity index is 1330. The molecule has 0 saturated heterocycles. The van der Waals surface area contributed by atoms with Crippen molar-refractivity contribution in [1.29, 1.82) is 0 Å². The molecule has 0 unspecified atom stereocenters. The molecule has 0 radical (unpaired) electrons. The van der Waals surface area contributed by atoms with Crippen LogP contribution in [0.25, 0.3) is 0 Å². The van der Waals surface area contributed by atoms with Crippen LogP contribution in [0.5, 0.6) is 11.5 Å². The summed E-state index contributed by atoms with van der Waals surface area (Å²) in [6.07, 6.45) is 1.74. The lowest BCUT2D eigenvalue weighted by Crippen LogP contribution is -2.36. The Balaban J connectivity index is 1.59. The highest BCUT2D eigenvalue weighted by atomic mass is 35.5. The molecule has 0 saturated carbocycles. The van der Waals surface area contributed by atoms with Crippen LogP contribution in [0.1, 0.15) is 37.5 Å². The fourth-order valence-corrected chi connectivity index (χ4v) is 4.19. The van der Waals surface area contributed by atoms with E-state index in [1.54, 1.807) is 24.3 Å². The quantitative estimate of drug-likeness (QED) is 0.451. The zero-order valence-corrected chi connectivity index (χ0v) is 21.0. The van der Waals surface area contributed by atoms with Crippen LogP contribution in [0.4, 0.5) is 0 Å². The molecule has 0 atom stereocenters. The number of hydrogen-bond donors (Lipinski definition) is 1. The summed E-state index contributed by atoms with van der Waals surface area (Å²) in [6, 6.07) is 11.9. The second-order valence-corrected chi connectivity index (χ2v) is 10.6. The van der Waals surface area contributed by atoms with Gasteiger partial charge in [0.1, 0.15) is 12.4 Å². The van der Waals surface area contributed by atoms with Gasteiger partial charge in [-0.1, -0.05) is 41.4 Å². The number of aryl methyl sites for hydroxylation is 1. The lowest BCUT2D eigenvalue weighted by molar-refractivity contribution is 0.291. The maximum atomic E-state index is 12.4. The van der Waals surface area contributed by atoms with E-state index in [2.05, 4.69) is 5.10 Å². The fraction of sp³-hybridized carbons (Fsp3) is 0.333. The largest absolute Gasteiger partial charge is 0.493 e. The molecule has 0 amide bonds. The summed E-state index contributed by atoms with van der Waals surface area (Å²) >= 11 is 6.18. The van der Waals surface area contributed by atoms with E-state index in [1.807, 2.05) is 39.8 Å². The van der Waals surface area contributed by atoms with Gasteiger partial charge in [-0.3, -0.25) is 9.35 Å². The highest BCUT2D eigenvalue weighted by molar-refractivity contribution is 7.85. The molecule has 3 rings (SSSR count). The first-order valence-corrected chi connectivity index (χ1v) is 12.4. The Morgan fingerprint density at radius 1 is 1.09 bits per heavy atom. The summed E-state index contributed by atoms with van der Waals surface area (Å²) in [5, 5.41) is 4.12. The van der Waals surface area contributed by atoms with Crippen molar-refractivity contribution in [2.45, 2.75) is 51.2 Å². The monoisotopic (exact) mass is 506 g/mol. The van der Waals surface area contributed by atoms with E-state index < -0.39 is 21.2 Å². The maximum absolute atomic E-state index is 12.4. The van der Waals surface area contributed by atoms with E-state index in [0.717, 1.165) is 11.1 Å². The van der Waals surface area contributed by atoms with Crippen LogP contribution < -0.4 is 15.0 Å². The molecular formula is C24H27ClN2O6S. The lowest BCUT2D eigenvalue weighted by atomic mass is 10.1. The first kappa shape index (κ1) is 25.7. The first-order chi connectivity index (χ1) is 15.9. The number of hydrogen-bond acceptors (Lipinski definition) is 6. The van der Waals surface area contributed by atoms with Gasteiger partial charge in [-0.25, -0.2) is 4.68 Å². The van der Waals surface area contributed by atoms with Gasteiger partial charge in [-0.2, -0.15) is 13.5 Å². The van der Waals surface area contributed by atoms with Crippen molar-refractivity contribution in [1.82, 2.24) is 9.78 Å². The van der Waals surface area contributed by atoms with Crippen molar-refractivity contribution in [3.8, 4) is 11.5 Å². The topological polar surface area (TPSA) is 108 Å². The number of rotatable bonds is 8. The Morgan fingerprint density at radius 3 is 2.38 bits per heavy atom. The summed E-state index contributed by atoms with van der Waals surface area (Å²) in [6.45, 7) is 7.83. The highest BCUT2D eigenvalue weighted by Gasteiger charge is 2.20. The predicted molar refractivity (Wildman–Crippen MR) is 129 cm³/mol. The average Bonchev–Trinajstić information content (AvgIpc) is 2.74. The van der Waals surface area contributed by atoms with Crippen molar-refractivity contribution in [2.24, 2.45) is 0 Å². The molecule has 0 fully saturated rings. The van der Waals surface area contributed by atoms with Crippen molar-refractivity contribution < 1.29 is 22.4 Å². The molecule has 0 aliphatic carbocycles. The first-order valence-electron chi connectivity index (χ1n) is 10.6. The van der Waals surface area contributed by atoms with Crippen LogP contribution in [0.15, 0.2) is 58.4 Å². The van der Waals surface area contributed by atoms with Gasteiger partial charge in [-0.05, 0) is 57.0 Å². The Morgan fingerprint density at radius 2 is 1.76 bits per heavy atom. The van der Waals surface area contributed by atoms with Crippen LogP contribution in [0.3, 0.4) is 0 Å². The molecule has 1 aromatic heterocycles. The van der Waals surface area contributed by atoms with Crippen LogP contribution in [-0.4, -0.2) is 29.4 Å². The van der Waals surface area contributed by atoms with Crippen molar-refractivity contribution in [3.63, 3.8) is 0 Å². The van der Waals surface area contributed by atoms with E-state index in [-0.39, 0.29) is 28.9 Å². The zero-order valence-electron chi connectivity index (χ0n) is 19.4. The molecule has 0 aliphatic heterocycles. The molecule has 1 N–H and O–H groups in total. The van der Waals surface area contributed by atoms with Gasteiger partial charge >= 0.3 is 0 Å². The molecule has 182 valence electrons. The minimum atomic E-state index is -4.30. The molecule has 0 spiro atoms. The van der Waals surface area contributed by atoms with Gasteiger partial charge in [0.2, 0.25) is 0 Å². The molecule has 3 aromatic rings. The van der Waals surface area contributed by atoms with Gasteiger partial charge in [-0.15, -0.1) is 0 Å². The highest BCUT2D eigenvalue weighted by Crippen LogP contribution is 2.23. The predicted octanol–water partition coefficient (Wildman–Crippen LogP) is 4.41. The van der Waals surface area contributed by atoms with Crippen molar-refractivity contribution in [2.75, 3.05) is 6.61 Å². The van der Waals surface area contributed by atoms with Crippen LogP contribution >= 0.6 is 11.6 Å². The third-order valence-corrected chi connectivity index (χ3v) is 6.28. The van der Waals surface area contributed by atoms with Crippen LogP contribution in [0.2, 0.25) is 5.02 Å². The molecule has 8 nitrogen and oxygen atoms in total. The van der Waals surface area contributed by atoms with Crippen LogP contribution in [0, 0.1) is 6.92 Å². The minimum Gasteiger partial charge on any atom is -0.493 e. The molecule has 2 aromatic carbocycles. The Labute approximate surface area is 203 Å². The third-order valence-electron chi connectivity index (χ3n) is 4.97. The number of aromatic nitrogens is 2. The van der Waals surface area contributed by atoms with Gasteiger partial charge in [0.05, 0.1) is 23.2 Å². The number of benzene rings is 2. The van der Waals surface area contributed by atoms with Crippen molar-refractivity contribution in [3.05, 3.63) is 80.7 Å². The van der Waals surface area contributed by atoms with Crippen LogP contribution in [-0.2, 0) is 28.7 Å². The summed E-state index contributed by atoms with van der Waals surface area (Å²) in [5.74, 6) is 0.803. The third kappa shape index (κ3) is 6.37. The molecule has 10 heteroatoms.